The van der Waals surface area contributed by atoms with Crippen molar-refractivity contribution in [3.8, 4) is 0 Å². The Hall–Kier alpha value is -3.68. The van der Waals surface area contributed by atoms with Gasteiger partial charge in [0.15, 0.2) is 5.82 Å². The standard InChI is InChI=1S/C26H27F2N5O5S/c1-26(2)14-33(39(36,37)17-11-15(27)10-16(28)12-17)13-19-22(26)31-32-23(19)30-24(34)18-6-3-4-7-20(18)29-25(35)21-8-5-9-38-21/h3-4,6-7,10-12,21H,5,8-9,13-14H2,1-2H3,(H,29,35)(H2,30,31,32,34)/t21-/m1/s1. The highest BCUT2D eigenvalue weighted by atomic mass is 32.2. The van der Waals surface area contributed by atoms with Crippen LogP contribution in [0.2, 0.25) is 0 Å². The lowest BCUT2D eigenvalue weighted by Crippen LogP contribution is -2.45. The van der Waals surface area contributed by atoms with E-state index >= 15 is 0 Å². The Morgan fingerprint density at radius 2 is 1.85 bits per heavy atom. The monoisotopic (exact) mass is 559 g/mol. The van der Waals surface area contributed by atoms with Gasteiger partial charge in [0, 0.05) is 42.4 Å². The van der Waals surface area contributed by atoms with Crippen LogP contribution in [0.1, 0.15) is 48.3 Å². The molecule has 2 aromatic carbocycles. The van der Waals surface area contributed by atoms with Crippen molar-refractivity contribution in [2.45, 2.75) is 49.6 Å². The van der Waals surface area contributed by atoms with E-state index in [2.05, 4.69) is 20.8 Å². The van der Waals surface area contributed by atoms with Crippen LogP contribution in [-0.4, -0.2) is 54.0 Å². The van der Waals surface area contributed by atoms with Crippen molar-refractivity contribution >= 4 is 33.3 Å². The fraction of sp³-hybridized carbons (Fsp3) is 0.346. The normalized spacial score (nSPS) is 18.9. The molecule has 1 fully saturated rings. The Bertz CT molecular complexity index is 1530. The van der Waals surface area contributed by atoms with Crippen molar-refractivity contribution in [3.05, 3.63) is 70.9 Å². The molecule has 0 bridgehead atoms. The van der Waals surface area contributed by atoms with E-state index in [0.29, 0.717) is 30.4 Å². The lowest BCUT2D eigenvalue weighted by molar-refractivity contribution is -0.124. The summed E-state index contributed by atoms with van der Waals surface area (Å²) < 4.78 is 60.8. The number of carbonyl (C=O) groups is 2. The molecule has 3 N–H and O–H groups in total. The molecule has 3 heterocycles. The molecule has 2 aliphatic rings. The third-order valence-electron chi connectivity index (χ3n) is 6.81. The van der Waals surface area contributed by atoms with Gasteiger partial charge >= 0.3 is 0 Å². The van der Waals surface area contributed by atoms with Crippen LogP contribution in [0.4, 0.5) is 20.3 Å². The van der Waals surface area contributed by atoms with Gasteiger partial charge in [-0.2, -0.15) is 9.40 Å². The van der Waals surface area contributed by atoms with Gasteiger partial charge < -0.3 is 15.4 Å². The number of ether oxygens (including phenoxy) is 1. The highest BCUT2D eigenvalue weighted by molar-refractivity contribution is 7.89. The number of nitrogens with zero attached hydrogens (tertiary/aromatic N) is 2. The molecule has 0 radical (unpaired) electrons. The van der Waals surface area contributed by atoms with E-state index in [0.717, 1.165) is 22.9 Å². The van der Waals surface area contributed by atoms with Crippen molar-refractivity contribution in [1.29, 1.82) is 0 Å². The number of H-pyrrole nitrogens is 1. The van der Waals surface area contributed by atoms with E-state index in [1.165, 1.54) is 0 Å². The van der Waals surface area contributed by atoms with Crippen molar-refractivity contribution in [1.82, 2.24) is 14.5 Å². The molecule has 0 aliphatic carbocycles. The third kappa shape index (κ3) is 5.29. The van der Waals surface area contributed by atoms with Crippen molar-refractivity contribution in [3.63, 3.8) is 0 Å². The summed E-state index contributed by atoms with van der Waals surface area (Å²) in [6.45, 7) is 3.90. The summed E-state index contributed by atoms with van der Waals surface area (Å²) in [5.41, 5.74) is 0.735. The van der Waals surface area contributed by atoms with Gasteiger partial charge in [0.25, 0.3) is 11.8 Å². The van der Waals surface area contributed by atoms with Gasteiger partial charge in [0.2, 0.25) is 10.0 Å². The first-order chi connectivity index (χ1) is 18.5. The van der Waals surface area contributed by atoms with Crippen molar-refractivity contribution in [2.75, 3.05) is 23.8 Å². The molecule has 2 aliphatic heterocycles. The van der Waals surface area contributed by atoms with Crippen LogP contribution in [-0.2, 0) is 31.5 Å². The summed E-state index contributed by atoms with van der Waals surface area (Å²) in [4.78, 5) is 25.3. The molecule has 1 saturated heterocycles. The van der Waals surface area contributed by atoms with E-state index < -0.39 is 44.0 Å². The molecule has 0 spiro atoms. The zero-order valence-electron chi connectivity index (χ0n) is 21.3. The molecule has 2 amide bonds. The Balaban J connectivity index is 1.41. The van der Waals surface area contributed by atoms with Crippen LogP contribution in [0.15, 0.2) is 47.4 Å². The Morgan fingerprint density at radius 1 is 1.13 bits per heavy atom. The lowest BCUT2D eigenvalue weighted by Gasteiger charge is -2.36. The quantitative estimate of drug-likeness (QED) is 0.423. The second kappa shape index (κ2) is 10.1. The van der Waals surface area contributed by atoms with Crippen molar-refractivity contribution < 1.29 is 31.5 Å². The van der Waals surface area contributed by atoms with Crippen LogP contribution in [0.25, 0.3) is 0 Å². The van der Waals surface area contributed by atoms with Gasteiger partial charge in [0.1, 0.15) is 17.7 Å². The molecule has 39 heavy (non-hydrogen) atoms. The van der Waals surface area contributed by atoms with Crippen LogP contribution < -0.4 is 10.6 Å². The van der Waals surface area contributed by atoms with E-state index in [9.17, 15) is 26.8 Å². The summed E-state index contributed by atoms with van der Waals surface area (Å²) in [6.07, 6.45) is 0.792. The molecular weight excluding hydrogens is 532 g/mol. The Labute approximate surface area is 223 Å². The van der Waals surface area contributed by atoms with Gasteiger partial charge in [-0.3, -0.25) is 14.7 Å². The number of fused-ring (bicyclic) bond motifs is 1. The maximum atomic E-state index is 13.8. The highest BCUT2D eigenvalue weighted by Crippen LogP contribution is 2.38. The smallest absolute Gasteiger partial charge is 0.258 e. The molecule has 13 heteroatoms. The van der Waals surface area contributed by atoms with Crippen LogP contribution in [0.5, 0.6) is 0 Å². The zero-order valence-corrected chi connectivity index (χ0v) is 22.1. The molecule has 0 saturated carbocycles. The zero-order chi connectivity index (χ0) is 27.9. The van der Waals surface area contributed by atoms with Gasteiger partial charge in [-0.25, -0.2) is 17.2 Å². The van der Waals surface area contributed by atoms with E-state index in [1.54, 1.807) is 38.1 Å². The topological polar surface area (TPSA) is 133 Å². The highest BCUT2D eigenvalue weighted by Gasteiger charge is 2.41. The predicted molar refractivity (Wildman–Crippen MR) is 138 cm³/mol. The SMILES string of the molecule is CC1(C)CN(S(=O)(=O)c2cc(F)cc(F)c2)Cc2c(NC(=O)c3ccccc3NC(=O)[C@H]3CCCO3)n[nH]c21. The number of hydrogen-bond donors (Lipinski definition) is 3. The largest absolute Gasteiger partial charge is 0.368 e. The minimum atomic E-state index is -4.28. The number of anilines is 2. The van der Waals surface area contributed by atoms with Gasteiger partial charge in [-0.15, -0.1) is 0 Å². The number of hydrogen-bond acceptors (Lipinski definition) is 6. The minimum Gasteiger partial charge on any atom is -0.368 e. The second-order valence-corrected chi connectivity index (χ2v) is 12.1. The molecular formula is C26H27F2N5O5S. The van der Waals surface area contributed by atoms with Crippen LogP contribution in [0.3, 0.4) is 0 Å². The second-order valence-electron chi connectivity index (χ2n) is 10.2. The summed E-state index contributed by atoms with van der Waals surface area (Å²) in [5, 5.41) is 12.6. The number of carbonyl (C=O) groups excluding carboxylic acids is 2. The Kier molecular flexibility index (Phi) is 6.99. The number of amides is 2. The average Bonchev–Trinajstić information content (AvgIpc) is 3.55. The van der Waals surface area contributed by atoms with E-state index in [-0.39, 0.29) is 36.1 Å². The first-order valence-corrected chi connectivity index (χ1v) is 13.8. The third-order valence-corrected chi connectivity index (χ3v) is 8.58. The molecule has 0 unspecified atom stereocenters. The van der Waals surface area contributed by atoms with E-state index in [1.807, 2.05) is 0 Å². The average molecular weight is 560 g/mol. The summed E-state index contributed by atoms with van der Waals surface area (Å²) in [6, 6.07) is 8.59. The molecule has 3 aromatic rings. The number of halogens is 2. The number of sulfonamides is 1. The van der Waals surface area contributed by atoms with Crippen molar-refractivity contribution in [2.24, 2.45) is 0 Å². The van der Waals surface area contributed by atoms with Gasteiger partial charge in [0.05, 0.1) is 16.1 Å². The van der Waals surface area contributed by atoms with Gasteiger partial charge in [-0.1, -0.05) is 26.0 Å². The first kappa shape index (κ1) is 26.9. The minimum absolute atomic E-state index is 0.00808. The summed E-state index contributed by atoms with van der Waals surface area (Å²) >= 11 is 0. The van der Waals surface area contributed by atoms with E-state index in [4.69, 9.17) is 4.74 Å². The number of nitrogens with one attached hydrogen (secondary N) is 3. The number of aromatic nitrogens is 2. The van der Waals surface area contributed by atoms with Crippen LogP contribution in [0, 0.1) is 11.6 Å². The molecule has 1 atom stereocenters. The first-order valence-electron chi connectivity index (χ1n) is 12.3. The number of aromatic amines is 1. The summed E-state index contributed by atoms with van der Waals surface area (Å²) in [5.74, 6) is -2.83. The molecule has 10 nitrogen and oxygen atoms in total. The maximum Gasteiger partial charge on any atom is 0.258 e. The molecule has 206 valence electrons. The fourth-order valence-corrected chi connectivity index (χ4v) is 6.51. The fourth-order valence-electron chi connectivity index (χ4n) is 4.89. The lowest BCUT2D eigenvalue weighted by atomic mass is 9.84. The maximum absolute atomic E-state index is 13.8. The number of para-hydroxylation sites is 1. The number of rotatable bonds is 6. The summed E-state index contributed by atoms with van der Waals surface area (Å²) in [7, 11) is -4.28. The number of benzene rings is 2. The van der Waals surface area contributed by atoms with Crippen LogP contribution >= 0.6 is 0 Å². The Morgan fingerprint density at radius 3 is 2.54 bits per heavy atom. The molecule has 5 rings (SSSR count). The predicted octanol–water partition coefficient (Wildman–Crippen LogP) is 3.54. The van der Waals surface area contributed by atoms with Gasteiger partial charge in [-0.05, 0) is 37.1 Å². The molecule has 1 aromatic heterocycles.